The van der Waals surface area contributed by atoms with Gasteiger partial charge >= 0.3 is 0 Å². The van der Waals surface area contributed by atoms with Gasteiger partial charge in [0.1, 0.15) is 0 Å². The lowest BCUT2D eigenvalue weighted by Gasteiger charge is -2.24. The lowest BCUT2D eigenvalue weighted by molar-refractivity contribution is 0.368. The number of hydrogen-bond acceptors (Lipinski definition) is 2. The van der Waals surface area contributed by atoms with Crippen LogP contribution in [-0.2, 0) is 0 Å². The third-order valence-electron chi connectivity index (χ3n) is 1.48. The molecule has 0 saturated carbocycles. The van der Waals surface area contributed by atoms with E-state index in [4.69, 9.17) is 0 Å². The lowest BCUT2D eigenvalue weighted by atomic mass is 10.4. The molecular formula is C8H17NS. The Hall–Kier alpha value is -0.110. The summed E-state index contributed by atoms with van der Waals surface area (Å²) in [6.07, 6.45) is 0. The molecule has 0 radical (unpaired) electrons. The first kappa shape index (κ1) is 9.89. The van der Waals surface area contributed by atoms with Crippen molar-refractivity contribution in [2.75, 3.05) is 12.8 Å². The highest BCUT2D eigenvalue weighted by atomic mass is 32.2. The molecule has 0 aliphatic heterocycles. The maximum absolute atomic E-state index is 3.95. The Morgan fingerprint density at radius 3 is 2.40 bits per heavy atom. The highest BCUT2D eigenvalue weighted by molar-refractivity contribution is 8.02. The van der Waals surface area contributed by atoms with Crippen molar-refractivity contribution in [3.05, 3.63) is 11.6 Å². The van der Waals surface area contributed by atoms with Gasteiger partial charge in [-0.25, -0.2) is 0 Å². The third kappa shape index (κ3) is 3.16. The van der Waals surface area contributed by atoms with E-state index in [1.807, 2.05) is 0 Å². The van der Waals surface area contributed by atoms with E-state index < -0.39 is 0 Å². The molecule has 0 rings (SSSR count). The summed E-state index contributed by atoms with van der Waals surface area (Å²) in [5.41, 5.74) is 0. The van der Waals surface area contributed by atoms with E-state index in [0.717, 1.165) is 10.8 Å². The minimum absolute atomic E-state index is 0.562. The molecule has 0 atom stereocenters. The second-order valence-electron chi connectivity index (χ2n) is 2.53. The van der Waals surface area contributed by atoms with Crippen LogP contribution in [0.25, 0.3) is 0 Å². The SMILES string of the molecule is C=C(SCC)N(C)C(C)C. The molecule has 0 bridgehead atoms. The summed E-state index contributed by atoms with van der Waals surface area (Å²) >= 11 is 1.80. The molecule has 0 N–H and O–H groups in total. The minimum atomic E-state index is 0.562. The zero-order valence-corrected chi connectivity index (χ0v) is 8.16. The topological polar surface area (TPSA) is 3.24 Å². The zero-order valence-electron chi connectivity index (χ0n) is 7.35. The van der Waals surface area contributed by atoms with Crippen molar-refractivity contribution >= 4 is 11.8 Å². The fourth-order valence-electron chi connectivity index (χ4n) is 0.556. The summed E-state index contributed by atoms with van der Waals surface area (Å²) in [7, 11) is 2.08. The van der Waals surface area contributed by atoms with Gasteiger partial charge in [0.15, 0.2) is 0 Å². The molecule has 0 aromatic rings. The van der Waals surface area contributed by atoms with E-state index in [0.29, 0.717) is 6.04 Å². The van der Waals surface area contributed by atoms with Gasteiger partial charge in [0.2, 0.25) is 0 Å². The summed E-state index contributed by atoms with van der Waals surface area (Å²) in [4.78, 5) is 2.19. The molecule has 1 nitrogen and oxygen atoms in total. The standard InChI is InChI=1S/C8H17NS/c1-6-10-8(4)9(5)7(2)3/h7H,4,6H2,1-3,5H3. The van der Waals surface area contributed by atoms with Crippen LogP contribution >= 0.6 is 11.8 Å². The van der Waals surface area contributed by atoms with Crippen LogP contribution in [0.1, 0.15) is 20.8 Å². The van der Waals surface area contributed by atoms with Crippen LogP contribution in [0.4, 0.5) is 0 Å². The van der Waals surface area contributed by atoms with Crippen LogP contribution in [0.3, 0.4) is 0 Å². The first-order chi connectivity index (χ1) is 4.59. The third-order valence-corrected chi connectivity index (χ3v) is 2.39. The van der Waals surface area contributed by atoms with Gasteiger partial charge in [0, 0.05) is 13.1 Å². The molecule has 0 aliphatic rings. The molecule has 0 unspecified atom stereocenters. The van der Waals surface area contributed by atoms with E-state index in [1.54, 1.807) is 11.8 Å². The molecule has 0 aliphatic carbocycles. The van der Waals surface area contributed by atoms with Crippen molar-refractivity contribution < 1.29 is 0 Å². The predicted octanol–water partition coefficient (Wildman–Crippen LogP) is 2.55. The van der Waals surface area contributed by atoms with Crippen molar-refractivity contribution in [1.82, 2.24) is 4.90 Å². The fraction of sp³-hybridized carbons (Fsp3) is 0.750. The van der Waals surface area contributed by atoms with E-state index in [9.17, 15) is 0 Å². The second kappa shape index (κ2) is 4.67. The fourth-order valence-corrected chi connectivity index (χ4v) is 1.30. The summed E-state index contributed by atoms with van der Waals surface area (Å²) in [5.74, 6) is 1.11. The number of rotatable bonds is 4. The van der Waals surface area contributed by atoms with Crippen LogP contribution in [0.15, 0.2) is 11.6 Å². The highest BCUT2D eigenvalue weighted by Gasteiger charge is 2.03. The van der Waals surface area contributed by atoms with E-state index in [2.05, 4.69) is 39.3 Å². The number of thioether (sulfide) groups is 1. The summed E-state index contributed by atoms with van der Waals surface area (Å²) in [5, 5.41) is 1.16. The molecule has 0 aromatic carbocycles. The Kier molecular flexibility index (Phi) is 4.62. The monoisotopic (exact) mass is 159 g/mol. The highest BCUT2D eigenvalue weighted by Crippen LogP contribution is 2.17. The normalized spacial score (nSPS) is 10.1. The average Bonchev–Trinajstić information content (AvgIpc) is 1.87. The van der Waals surface area contributed by atoms with Gasteiger partial charge in [-0.3, -0.25) is 0 Å². The van der Waals surface area contributed by atoms with Crippen molar-refractivity contribution in [3.63, 3.8) is 0 Å². The minimum Gasteiger partial charge on any atom is -0.367 e. The molecular weight excluding hydrogens is 142 g/mol. The lowest BCUT2D eigenvalue weighted by Crippen LogP contribution is -2.23. The molecule has 0 fully saturated rings. The molecule has 0 amide bonds. The molecule has 0 spiro atoms. The second-order valence-corrected chi connectivity index (χ2v) is 3.87. The predicted molar refractivity (Wildman–Crippen MR) is 50.2 cm³/mol. The number of nitrogens with zero attached hydrogens (tertiary/aromatic N) is 1. The van der Waals surface area contributed by atoms with Crippen LogP contribution in [-0.4, -0.2) is 23.7 Å². The molecule has 10 heavy (non-hydrogen) atoms. The van der Waals surface area contributed by atoms with Crippen LogP contribution in [0.2, 0.25) is 0 Å². The van der Waals surface area contributed by atoms with Gasteiger partial charge in [0.05, 0.1) is 5.03 Å². The van der Waals surface area contributed by atoms with Gasteiger partial charge < -0.3 is 4.90 Å². The molecule has 0 heterocycles. The van der Waals surface area contributed by atoms with Crippen molar-refractivity contribution in [2.24, 2.45) is 0 Å². The van der Waals surface area contributed by atoms with E-state index in [1.165, 1.54) is 0 Å². The number of hydrogen-bond donors (Lipinski definition) is 0. The first-order valence-corrected chi connectivity index (χ1v) is 4.62. The quantitative estimate of drug-likeness (QED) is 0.620. The zero-order chi connectivity index (χ0) is 8.15. The summed E-state index contributed by atoms with van der Waals surface area (Å²) in [6.45, 7) is 10.4. The van der Waals surface area contributed by atoms with Gasteiger partial charge in [-0.2, -0.15) is 0 Å². The average molecular weight is 159 g/mol. The Morgan fingerprint density at radius 1 is 1.60 bits per heavy atom. The van der Waals surface area contributed by atoms with E-state index in [-0.39, 0.29) is 0 Å². The van der Waals surface area contributed by atoms with Crippen LogP contribution < -0.4 is 0 Å². The van der Waals surface area contributed by atoms with Gasteiger partial charge in [0.25, 0.3) is 0 Å². The smallest absolute Gasteiger partial charge is 0.0633 e. The van der Waals surface area contributed by atoms with Gasteiger partial charge in [-0.1, -0.05) is 13.5 Å². The Labute approximate surface area is 68.5 Å². The summed E-state index contributed by atoms with van der Waals surface area (Å²) in [6, 6.07) is 0.562. The van der Waals surface area contributed by atoms with Gasteiger partial charge in [-0.15, -0.1) is 11.8 Å². The van der Waals surface area contributed by atoms with Crippen LogP contribution in [0, 0.1) is 0 Å². The molecule has 2 heteroatoms. The van der Waals surface area contributed by atoms with Crippen molar-refractivity contribution in [2.45, 2.75) is 26.8 Å². The molecule has 0 saturated heterocycles. The largest absolute Gasteiger partial charge is 0.367 e. The van der Waals surface area contributed by atoms with Gasteiger partial charge in [-0.05, 0) is 19.6 Å². The molecule has 0 aromatic heterocycles. The van der Waals surface area contributed by atoms with Crippen molar-refractivity contribution in [3.8, 4) is 0 Å². The maximum Gasteiger partial charge on any atom is 0.0633 e. The maximum atomic E-state index is 3.95. The Balaban J connectivity index is 3.71. The van der Waals surface area contributed by atoms with E-state index >= 15 is 0 Å². The Morgan fingerprint density at radius 2 is 2.10 bits per heavy atom. The Bertz CT molecular complexity index is 110. The van der Waals surface area contributed by atoms with Crippen LogP contribution in [0.5, 0.6) is 0 Å². The summed E-state index contributed by atoms with van der Waals surface area (Å²) < 4.78 is 0. The molecule has 60 valence electrons. The first-order valence-electron chi connectivity index (χ1n) is 3.64. The van der Waals surface area contributed by atoms with Crippen molar-refractivity contribution in [1.29, 1.82) is 0 Å².